The van der Waals surface area contributed by atoms with Gasteiger partial charge in [-0.2, -0.15) is 0 Å². The Labute approximate surface area is 191 Å². The van der Waals surface area contributed by atoms with Crippen molar-refractivity contribution in [3.63, 3.8) is 0 Å². The number of carbonyl (C=O) groups excluding carboxylic acids is 2. The zero-order chi connectivity index (χ0) is 24.1. The lowest BCUT2D eigenvalue weighted by Gasteiger charge is -2.17. The molecule has 0 heterocycles. The maximum atomic E-state index is 13.2. The lowest BCUT2D eigenvalue weighted by molar-refractivity contribution is -0.134. The third-order valence-electron chi connectivity index (χ3n) is 4.23. The summed E-state index contributed by atoms with van der Waals surface area (Å²) in [5, 5.41) is 0.0940. The molecule has 2 rings (SSSR count). The van der Waals surface area contributed by atoms with E-state index in [1.54, 1.807) is 14.1 Å². The van der Waals surface area contributed by atoms with Gasteiger partial charge in [0.25, 0.3) is 15.9 Å². The Balaban J connectivity index is 2.58. The van der Waals surface area contributed by atoms with Gasteiger partial charge in [0.2, 0.25) is 0 Å². The molecule has 0 aliphatic heterocycles. The first-order chi connectivity index (χ1) is 15.0. The summed E-state index contributed by atoms with van der Waals surface area (Å²) < 4.78 is 43.9. The summed E-state index contributed by atoms with van der Waals surface area (Å²) in [4.78, 5) is 24.8. The molecule has 1 N–H and O–H groups in total. The van der Waals surface area contributed by atoms with Crippen molar-refractivity contribution < 1.29 is 32.2 Å². The Kier molecular flexibility index (Phi) is 8.12. The molecule has 0 aliphatic rings. The maximum absolute atomic E-state index is 13.2. The zero-order valence-corrected chi connectivity index (χ0v) is 19.7. The highest BCUT2D eigenvalue weighted by Gasteiger charge is 2.25. The van der Waals surface area contributed by atoms with Crippen molar-refractivity contribution in [1.29, 1.82) is 0 Å². The summed E-state index contributed by atoms with van der Waals surface area (Å²) in [5.41, 5.74) is 0.600. The van der Waals surface area contributed by atoms with Crippen LogP contribution in [-0.4, -0.2) is 60.6 Å². The molecule has 0 aliphatic carbocycles. The van der Waals surface area contributed by atoms with Gasteiger partial charge in [0.05, 0.1) is 32.0 Å². The first kappa shape index (κ1) is 25.0. The first-order valence-electron chi connectivity index (χ1n) is 9.10. The summed E-state index contributed by atoms with van der Waals surface area (Å²) >= 11 is 6.17. The van der Waals surface area contributed by atoms with Crippen molar-refractivity contribution in [2.24, 2.45) is 0 Å². The summed E-state index contributed by atoms with van der Waals surface area (Å²) in [5.74, 6) is -0.859. The van der Waals surface area contributed by atoms with Crippen molar-refractivity contribution in [2.45, 2.75) is 4.90 Å². The molecule has 0 aromatic heterocycles. The van der Waals surface area contributed by atoms with Crippen LogP contribution in [0.15, 0.2) is 41.3 Å². The number of esters is 1. The Morgan fingerprint density at radius 3 is 2.31 bits per heavy atom. The number of nitrogens with one attached hydrogen (secondary N) is 1. The fourth-order valence-corrected chi connectivity index (χ4v) is 4.18. The minimum atomic E-state index is -4.25. The van der Waals surface area contributed by atoms with Gasteiger partial charge in [-0.1, -0.05) is 11.6 Å². The molecule has 0 fully saturated rings. The van der Waals surface area contributed by atoms with E-state index in [0.29, 0.717) is 5.56 Å². The van der Waals surface area contributed by atoms with E-state index >= 15 is 0 Å². The van der Waals surface area contributed by atoms with E-state index in [-0.39, 0.29) is 38.6 Å². The fraction of sp³-hybridized carbons (Fsp3) is 0.238. The number of anilines is 1. The number of halogens is 1. The summed E-state index contributed by atoms with van der Waals surface area (Å²) in [6.45, 7) is 0. The summed E-state index contributed by atoms with van der Waals surface area (Å²) in [7, 11) is 2.76. The molecule has 32 heavy (non-hydrogen) atoms. The van der Waals surface area contributed by atoms with Gasteiger partial charge in [-0.05, 0) is 42.0 Å². The highest BCUT2D eigenvalue weighted by atomic mass is 35.5. The van der Waals surface area contributed by atoms with Gasteiger partial charge >= 0.3 is 5.97 Å². The van der Waals surface area contributed by atoms with Crippen LogP contribution < -0.4 is 14.2 Å². The van der Waals surface area contributed by atoms with Gasteiger partial charge in [0.1, 0.15) is 4.90 Å². The molecule has 0 atom stereocenters. The number of rotatable bonds is 8. The second kappa shape index (κ2) is 10.4. The number of ether oxygens (including phenoxy) is 3. The Morgan fingerprint density at radius 1 is 1.06 bits per heavy atom. The summed E-state index contributed by atoms with van der Waals surface area (Å²) in [6.07, 6.45) is 2.51. The van der Waals surface area contributed by atoms with E-state index in [4.69, 9.17) is 21.1 Å². The topological polar surface area (TPSA) is 111 Å². The standard InChI is InChI=1S/C21H23ClN2O7S/c1-24(2)21(26)14-7-8-15(22)16(12-14)23-32(27,28)18-11-13(6-9-19(25)30-4)10-17(29-3)20(18)31-5/h6-12,23H,1-5H3/b9-6-. The highest BCUT2D eigenvalue weighted by molar-refractivity contribution is 7.92. The van der Waals surface area contributed by atoms with Crippen LogP contribution >= 0.6 is 11.6 Å². The van der Waals surface area contributed by atoms with Crippen LogP contribution in [0.3, 0.4) is 0 Å². The minimum absolute atomic E-state index is 0.0101. The largest absolute Gasteiger partial charge is 0.493 e. The van der Waals surface area contributed by atoms with Gasteiger partial charge in [0, 0.05) is 25.7 Å². The van der Waals surface area contributed by atoms with E-state index < -0.39 is 16.0 Å². The SMILES string of the molecule is COC(=O)/C=C\c1cc(OC)c(OC)c(S(=O)(=O)Nc2cc(C(=O)N(C)C)ccc2Cl)c1. The molecule has 0 radical (unpaired) electrons. The Hall–Kier alpha value is -3.24. The van der Waals surface area contributed by atoms with Crippen molar-refractivity contribution in [2.75, 3.05) is 40.1 Å². The third-order valence-corrected chi connectivity index (χ3v) is 5.93. The molecule has 0 unspecified atom stereocenters. The molecule has 1 amide bonds. The number of amides is 1. The van der Waals surface area contributed by atoms with Crippen molar-refractivity contribution in [1.82, 2.24) is 4.90 Å². The fourth-order valence-electron chi connectivity index (χ4n) is 2.67. The monoisotopic (exact) mass is 482 g/mol. The Morgan fingerprint density at radius 2 is 1.75 bits per heavy atom. The van der Waals surface area contributed by atoms with Crippen LogP contribution in [0.5, 0.6) is 11.5 Å². The predicted octanol–water partition coefficient (Wildman–Crippen LogP) is 3.05. The lowest BCUT2D eigenvalue weighted by Crippen LogP contribution is -2.22. The quantitative estimate of drug-likeness (QED) is 0.454. The number of hydrogen-bond acceptors (Lipinski definition) is 7. The molecule has 2 aromatic carbocycles. The lowest BCUT2D eigenvalue weighted by atomic mass is 10.2. The minimum Gasteiger partial charge on any atom is -0.493 e. The molecule has 0 bridgehead atoms. The van der Waals surface area contributed by atoms with E-state index in [1.807, 2.05) is 0 Å². The second-order valence-electron chi connectivity index (χ2n) is 6.61. The maximum Gasteiger partial charge on any atom is 0.330 e. The van der Waals surface area contributed by atoms with Crippen molar-refractivity contribution >= 4 is 45.3 Å². The third kappa shape index (κ3) is 5.71. The van der Waals surface area contributed by atoms with Crippen molar-refractivity contribution in [3.05, 3.63) is 52.6 Å². The highest BCUT2D eigenvalue weighted by Crippen LogP contribution is 2.37. The van der Waals surface area contributed by atoms with Gasteiger partial charge in [-0.3, -0.25) is 9.52 Å². The molecule has 172 valence electrons. The second-order valence-corrected chi connectivity index (χ2v) is 8.67. The molecular weight excluding hydrogens is 460 g/mol. The van der Waals surface area contributed by atoms with Crippen molar-refractivity contribution in [3.8, 4) is 11.5 Å². The van der Waals surface area contributed by atoms with E-state index in [2.05, 4.69) is 9.46 Å². The molecule has 11 heteroatoms. The zero-order valence-electron chi connectivity index (χ0n) is 18.1. The molecular formula is C21H23ClN2O7S. The van der Waals surface area contributed by atoms with Crippen LogP contribution in [0.1, 0.15) is 15.9 Å². The van der Waals surface area contributed by atoms with E-state index in [9.17, 15) is 18.0 Å². The average Bonchev–Trinajstić information content (AvgIpc) is 2.77. The van der Waals surface area contributed by atoms with Crippen LogP contribution in [-0.2, 0) is 19.6 Å². The van der Waals surface area contributed by atoms with Crippen LogP contribution in [0.2, 0.25) is 5.02 Å². The number of sulfonamides is 1. The van der Waals surface area contributed by atoms with Gasteiger partial charge in [0.15, 0.2) is 11.5 Å². The van der Waals surface area contributed by atoms with Crippen LogP contribution in [0, 0.1) is 0 Å². The molecule has 2 aromatic rings. The number of methoxy groups -OCH3 is 3. The number of benzene rings is 2. The molecule has 0 saturated heterocycles. The van der Waals surface area contributed by atoms with Crippen LogP contribution in [0.4, 0.5) is 5.69 Å². The molecule has 0 spiro atoms. The van der Waals surface area contributed by atoms with Gasteiger partial charge < -0.3 is 19.1 Å². The summed E-state index contributed by atoms with van der Waals surface area (Å²) in [6, 6.07) is 7.05. The number of carbonyl (C=O) groups is 2. The number of nitrogens with zero attached hydrogens (tertiary/aromatic N) is 1. The normalized spacial score (nSPS) is 11.2. The van der Waals surface area contributed by atoms with E-state index in [0.717, 1.165) is 6.08 Å². The Bertz CT molecular complexity index is 1160. The predicted molar refractivity (Wildman–Crippen MR) is 121 cm³/mol. The number of hydrogen-bond donors (Lipinski definition) is 1. The average molecular weight is 483 g/mol. The van der Waals surface area contributed by atoms with Gasteiger partial charge in [-0.25, -0.2) is 13.2 Å². The van der Waals surface area contributed by atoms with Crippen LogP contribution in [0.25, 0.3) is 6.08 Å². The van der Waals surface area contributed by atoms with Gasteiger partial charge in [-0.15, -0.1) is 0 Å². The smallest absolute Gasteiger partial charge is 0.330 e. The first-order valence-corrected chi connectivity index (χ1v) is 11.0. The molecule has 9 nitrogen and oxygen atoms in total. The van der Waals surface area contributed by atoms with E-state index in [1.165, 1.54) is 62.6 Å². The molecule has 0 saturated carbocycles.